The summed E-state index contributed by atoms with van der Waals surface area (Å²) in [6, 6.07) is 19.9. The molecule has 0 heterocycles. The van der Waals surface area contributed by atoms with Gasteiger partial charge in [-0.1, -0.05) is 74.5 Å². The first-order valence-electron chi connectivity index (χ1n) is 9.37. The first-order valence-corrected chi connectivity index (χ1v) is 9.37. The van der Waals surface area contributed by atoms with E-state index >= 15 is 0 Å². The van der Waals surface area contributed by atoms with Gasteiger partial charge < -0.3 is 4.74 Å². The van der Waals surface area contributed by atoms with Gasteiger partial charge in [0.2, 0.25) is 0 Å². The number of rotatable bonds is 6. The Balaban J connectivity index is 1.89. The molecule has 1 aliphatic rings. The number of Topliss-reactive ketones (excluding diaryl/α,β-unsaturated/α-hetero) is 1. The van der Waals surface area contributed by atoms with Crippen LogP contribution in [0.5, 0.6) is 0 Å². The molecule has 1 aliphatic carbocycles. The maximum atomic E-state index is 12.8. The molecule has 0 spiro atoms. The van der Waals surface area contributed by atoms with Gasteiger partial charge in [0, 0.05) is 12.3 Å². The second-order valence-corrected chi connectivity index (χ2v) is 7.45. The average Bonchev–Trinajstić information content (AvgIpc) is 3.00. The quantitative estimate of drug-likeness (QED) is 0.559. The van der Waals surface area contributed by atoms with Crippen molar-refractivity contribution in [3.8, 4) is 0 Å². The summed E-state index contributed by atoms with van der Waals surface area (Å²) in [5, 5.41) is 0. The van der Waals surface area contributed by atoms with Crippen LogP contribution in [-0.4, -0.2) is 18.4 Å². The third kappa shape index (κ3) is 4.04. The topological polar surface area (TPSA) is 43.4 Å². The molecule has 0 amide bonds. The fraction of sp³-hybridized carbons (Fsp3) is 0.391. The zero-order chi connectivity index (χ0) is 18.5. The molecule has 3 atom stereocenters. The summed E-state index contributed by atoms with van der Waals surface area (Å²) < 4.78 is 5.48. The molecule has 136 valence electrons. The molecule has 1 fully saturated rings. The lowest BCUT2D eigenvalue weighted by atomic mass is 9.80. The number of hydrogen-bond acceptors (Lipinski definition) is 3. The van der Waals surface area contributed by atoms with Crippen LogP contribution in [0.1, 0.15) is 49.7 Å². The van der Waals surface area contributed by atoms with Crippen LogP contribution >= 0.6 is 0 Å². The van der Waals surface area contributed by atoms with E-state index in [0.29, 0.717) is 18.9 Å². The van der Waals surface area contributed by atoms with E-state index in [1.54, 1.807) is 0 Å². The highest BCUT2D eigenvalue weighted by molar-refractivity contribution is 6.02. The number of benzene rings is 2. The summed E-state index contributed by atoms with van der Waals surface area (Å²) in [4.78, 5) is 25.5. The zero-order valence-corrected chi connectivity index (χ0v) is 15.4. The highest BCUT2D eigenvalue weighted by Crippen LogP contribution is 2.48. The molecule has 0 aromatic heterocycles. The lowest BCUT2D eigenvalue weighted by Gasteiger charge is -2.24. The van der Waals surface area contributed by atoms with E-state index in [1.807, 2.05) is 60.7 Å². The Kier molecular flexibility index (Phi) is 5.87. The maximum Gasteiger partial charge on any atom is 0.317 e. The smallest absolute Gasteiger partial charge is 0.317 e. The van der Waals surface area contributed by atoms with Gasteiger partial charge in [-0.15, -0.1) is 0 Å². The van der Waals surface area contributed by atoms with Gasteiger partial charge in [-0.3, -0.25) is 9.59 Å². The molecule has 3 rings (SSSR count). The van der Waals surface area contributed by atoms with Crippen molar-refractivity contribution < 1.29 is 14.3 Å². The molecular formula is C23H26O3. The van der Waals surface area contributed by atoms with Gasteiger partial charge in [0.1, 0.15) is 11.7 Å². The molecule has 2 aromatic carbocycles. The van der Waals surface area contributed by atoms with Crippen molar-refractivity contribution in [2.45, 2.75) is 38.5 Å². The van der Waals surface area contributed by atoms with Gasteiger partial charge in [0.05, 0.1) is 6.61 Å². The lowest BCUT2D eigenvalue weighted by Crippen LogP contribution is -2.27. The first kappa shape index (κ1) is 18.4. The standard InChI is InChI=1S/C23H26O3/c1-16(2)13-14-26-23(25)22-20(24)15-19(17-9-5-3-6-10-17)21(22)18-11-7-4-8-12-18/h3-12,16,19,21-22H,13-15H2,1-2H3/t19-,21+,22-/m0/s1. The summed E-state index contributed by atoms with van der Waals surface area (Å²) in [5.74, 6) is -0.796. The van der Waals surface area contributed by atoms with Crippen molar-refractivity contribution in [2.24, 2.45) is 11.8 Å². The highest BCUT2D eigenvalue weighted by Gasteiger charge is 2.48. The minimum absolute atomic E-state index is 0.00810. The van der Waals surface area contributed by atoms with E-state index in [-0.39, 0.29) is 23.6 Å². The number of hydrogen-bond donors (Lipinski definition) is 0. The second kappa shape index (κ2) is 8.31. The number of carbonyl (C=O) groups excluding carboxylic acids is 2. The summed E-state index contributed by atoms with van der Waals surface area (Å²) in [6.45, 7) is 4.55. The molecule has 0 aliphatic heterocycles. The minimum atomic E-state index is -0.713. The molecule has 0 N–H and O–H groups in total. The lowest BCUT2D eigenvalue weighted by molar-refractivity contribution is -0.151. The summed E-state index contributed by atoms with van der Waals surface area (Å²) in [5.41, 5.74) is 2.13. The van der Waals surface area contributed by atoms with Gasteiger partial charge >= 0.3 is 5.97 Å². The molecule has 0 unspecified atom stereocenters. The van der Waals surface area contributed by atoms with Crippen LogP contribution in [0.3, 0.4) is 0 Å². The maximum absolute atomic E-state index is 12.8. The summed E-state index contributed by atoms with van der Waals surface area (Å²) >= 11 is 0. The van der Waals surface area contributed by atoms with Crippen LogP contribution in [0.4, 0.5) is 0 Å². The number of ketones is 1. The van der Waals surface area contributed by atoms with Crippen LogP contribution in [-0.2, 0) is 14.3 Å². The fourth-order valence-corrected chi connectivity index (χ4v) is 3.79. The van der Waals surface area contributed by atoms with E-state index in [2.05, 4.69) is 13.8 Å². The predicted molar refractivity (Wildman–Crippen MR) is 102 cm³/mol. The molecule has 2 aromatic rings. The largest absolute Gasteiger partial charge is 0.465 e. The highest BCUT2D eigenvalue weighted by atomic mass is 16.5. The van der Waals surface area contributed by atoms with Crippen molar-refractivity contribution in [3.05, 3.63) is 71.8 Å². The summed E-state index contributed by atoms with van der Waals surface area (Å²) in [6.07, 6.45) is 1.19. The molecule has 0 radical (unpaired) electrons. The van der Waals surface area contributed by atoms with E-state index in [0.717, 1.165) is 17.5 Å². The fourth-order valence-electron chi connectivity index (χ4n) is 3.79. The van der Waals surface area contributed by atoms with Crippen LogP contribution in [0.2, 0.25) is 0 Å². The molecule has 26 heavy (non-hydrogen) atoms. The zero-order valence-electron chi connectivity index (χ0n) is 15.4. The Bertz CT molecular complexity index is 737. The van der Waals surface area contributed by atoms with Gasteiger partial charge in [0.15, 0.2) is 0 Å². The van der Waals surface area contributed by atoms with E-state index in [1.165, 1.54) is 0 Å². The van der Waals surface area contributed by atoms with Crippen LogP contribution in [0.15, 0.2) is 60.7 Å². The molecule has 3 nitrogen and oxygen atoms in total. The molecule has 0 saturated heterocycles. The van der Waals surface area contributed by atoms with Crippen LogP contribution < -0.4 is 0 Å². The van der Waals surface area contributed by atoms with Gasteiger partial charge in [0.25, 0.3) is 0 Å². The van der Waals surface area contributed by atoms with E-state index in [4.69, 9.17) is 4.74 Å². The van der Waals surface area contributed by atoms with E-state index < -0.39 is 5.92 Å². The minimum Gasteiger partial charge on any atom is -0.465 e. The predicted octanol–water partition coefficient (Wildman–Crippen LogP) is 4.73. The van der Waals surface area contributed by atoms with Crippen LogP contribution in [0, 0.1) is 11.8 Å². The van der Waals surface area contributed by atoms with Crippen molar-refractivity contribution in [1.29, 1.82) is 0 Å². The Morgan fingerprint density at radius 3 is 2.15 bits per heavy atom. The van der Waals surface area contributed by atoms with Gasteiger partial charge in [-0.25, -0.2) is 0 Å². The number of carbonyl (C=O) groups is 2. The SMILES string of the molecule is CC(C)CCOC(=O)[C@H]1C(=O)C[C@@H](c2ccccc2)[C@H]1c1ccccc1. The van der Waals surface area contributed by atoms with Crippen molar-refractivity contribution in [1.82, 2.24) is 0 Å². The molecule has 0 bridgehead atoms. The summed E-state index contributed by atoms with van der Waals surface area (Å²) in [7, 11) is 0. The molecule has 3 heteroatoms. The third-order valence-corrected chi connectivity index (χ3v) is 5.17. The first-order chi connectivity index (χ1) is 12.6. The molecular weight excluding hydrogens is 324 g/mol. The van der Waals surface area contributed by atoms with Gasteiger partial charge in [-0.05, 0) is 29.4 Å². The van der Waals surface area contributed by atoms with E-state index in [9.17, 15) is 9.59 Å². The van der Waals surface area contributed by atoms with Gasteiger partial charge in [-0.2, -0.15) is 0 Å². The van der Waals surface area contributed by atoms with Crippen molar-refractivity contribution in [2.75, 3.05) is 6.61 Å². The molecule has 1 saturated carbocycles. The number of esters is 1. The van der Waals surface area contributed by atoms with Crippen molar-refractivity contribution in [3.63, 3.8) is 0 Å². The number of ether oxygens (including phenoxy) is 1. The Morgan fingerprint density at radius 1 is 1.00 bits per heavy atom. The Morgan fingerprint density at radius 2 is 1.58 bits per heavy atom. The Hall–Kier alpha value is -2.42. The Labute approximate surface area is 155 Å². The van der Waals surface area contributed by atoms with Crippen LogP contribution in [0.25, 0.3) is 0 Å². The average molecular weight is 350 g/mol. The monoisotopic (exact) mass is 350 g/mol. The van der Waals surface area contributed by atoms with Crippen molar-refractivity contribution >= 4 is 11.8 Å². The normalized spacial score (nSPS) is 22.6. The second-order valence-electron chi connectivity index (χ2n) is 7.45. The third-order valence-electron chi connectivity index (χ3n) is 5.17.